The molecule has 2 amide bonds. The van der Waals surface area contributed by atoms with Crippen LogP contribution in [-0.2, 0) is 4.79 Å². The Morgan fingerprint density at radius 3 is 2.50 bits per heavy atom. The highest BCUT2D eigenvalue weighted by molar-refractivity contribution is 9.10. The molecule has 4 nitrogen and oxygen atoms in total. The molecule has 6 heteroatoms. The van der Waals surface area contributed by atoms with Crippen molar-refractivity contribution in [2.75, 3.05) is 27.2 Å². The first-order valence-corrected chi connectivity index (χ1v) is 7.49. The Morgan fingerprint density at radius 1 is 1.30 bits per heavy atom. The normalized spacial score (nSPS) is 10.2. The molecule has 0 spiro atoms. The van der Waals surface area contributed by atoms with Crippen LogP contribution in [0.3, 0.4) is 0 Å². The van der Waals surface area contributed by atoms with Crippen molar-refractivity contribution in [3.05, 3.63) is 33.3 Å². The van der Waals surface area contributed by atoms with Crippen molar-refractivity contribution in [3.63, 3.8) is 0 Å². The van der Waals surface area contributed by atoms with E-state index in [1.54, 1.807) is 32.3 Å². The molecule has 0 aliphatic rings. The fraction of sp³-hybridized carbons (Fsp3) is 0.429. The maximum Gasteiger partial charge on any atom is 0.255 e. The summed E-state index contributed by atoms with van der Waals surface area (Å²) in [7, 11) is 3.34. The lowest BCUT2D eigenvalue weighted by atomic mass is 10.2. The Morgan fingerprint density at radius 2 is 1.95 bits per heavy atom. The van der Waals surface area contributed by atoms with Crippen LogP contribution in [0.5, 0.6) is 0 Å². The average Bonchev–Trinajstić information content (AvgIpc) is 2.40. The van der Waals surface area contributed by atoms with E-state index in [1.165, 1.54) is 9.80 Å². The summed E-state index contributed by atoms with van der Waals surface area (Å²) in [4.78, 5) is 27.3. The summed E-state index contributed by atoms with van der Waals surface area (Å²) >= 11 is 9.44. The van der Waals surface area contributed by atoms with Gasteiger partial charge in [-0.3, -0.25) is 9.59 Å². The Bertz CT molecular complexity index is 506. The van der Waals surface area contributed by atoms with Crippen molar-refractivity contribution < 1.29 is 9.59 Å². The summed E-state index contributed by atoms with van der Waals surface area (Å²) in [6.45, 7) is 2.53. The minimum atomic E-state index is -0.228. The number of nitrogens with zero attached hydrogens (tertiary/aromatic N) is 2. The molecule has 0 aliphatic heterocycles. The fourth-order valence-corrected chi connectivity index (χ4v) is 2.24. The molecule has 0 saturated heterocycles. The first-order chi connectivity index (χ1) is 9.38. The predicted octanol–water partition coefficient (Wildman–Crippen LogP) is 3.04. The van der Waals surface area contributed by atoms with Gasteiger partial charge >= 0.3 is 0 Å². The van der Waals surface area contributed by atoms with Gasteiger partial charge in [-0.1, -0.05) is 24.6 Å². The average molecular weight is 362 g/mol. The zero-order valence-corrected chi connectivity index (χ0v) is 14.2. The second-order valence-corrected chi connectivity index (χ2v) is 5.85. The molecule has 1 aromatic rings. The van der Waals surface area contributed by atoms with Gasteiger partial charge in [-0.2, -0.15) is 0 Å². The molecule has 0 unspecified atom stereocenters. The smallest absolute Gasteiger partial charge is 0.255 e. The van der Waals surface area contributed by atoms with Crippen LogP contribution >= 0.6 is 27.5 Å². The largest absolute Gasteiger partial charge is 0.347 e. The van der Waals surface area contributed by atoms with Crippen molar-refractivity contribution in [3.8, 4) is 0 Å². The lowest BCUT2D eigenvalue weighted by molar-refractivity contribution is -0.129. The van der Waals surface area contributed by atoms with Crippen molar-refractivity contribution in [1.82, 2.24) is 9.80 Å². The maximum absolute atomic E-state index is 12.5. The Labute approximate surface area is 132 Å². The number of amides is 2. The predicted molar refractivity (Wildman–Crippen MR) is 84.0 cm³/mol. The molecule has 0 bridgehead atoms. The third kappa shape index (κ3) is 4.21. The van der Waals surface area contributed by atoms with Gasteiger partial charge in [-0.05, 0) is 34.5 Å². The van der Waals surface area contributed by atoms with Crippen LogP contribution in [0.4, 0.5) is 0 Å². The summed E-state index contributed by atoms with van der Waals surface area (Å²) in [5.41, 5.74) is 0.404. The number of likely N-dealkylation sites (N-methyl/N-ethyl adjacent to an activating group) is 1. The van der Waals surface area contributed by atoms with Crippen LogP contribution < -0.4 is 0 Å². The second-order valence-electron chi connectivity index (χ2n) is 4.62. The summed E-state index contributed by atoms with van der Waals surface area (Å²) in [6, 6.07) is 5.19. The zero-order chi connectivity index (χ0) is 15.3. The molecule has 0 N–H and O–H groups in total. The van der Waals surface area contributed by atoms with Gasteiger partial charge in [0, 0.05) is 25.1 Å². The monoisotopic (exact) mass is 360 g/mol. The molecule has 0 atom stereocenters. The van der Waals surface area contributed by atoms with Gasteiger partial charge in [0.2, 0.25) is 5.91 Å². The summed E-state index contributed by atoms with van der Waals surface area (Å²) in [5.74, 6) is -0.341. The van der Waals surface area contributed by atoms with E-state index < -0.39 is 0 Å². The third-order valence-electron chi connectivity index (χ3n) is 2.79. The van der Waals surface area contributed by atoms with E-state index in [0.717, 1.165) is 6.42 Å². The molecule has 0 fully saturated rings. The third-order valence-corrected chi connectivity index (χ3v) is 4.08. The van der Waals surface area contributed by atoms with Crippen molar-refractivity contribution >= 4 is 39.3 Å². The highest BCUT2D eigenvalue weighted by Gasteiger charge is 2.21. The molecule has 0 radical (unpaired) electrons. The Kier molecular flexibility index (Phi) is 6.49. The number of halogens is 2. The Balaban J connectivity index is 2.99. The molecule has 20 heavy (non-hydrogen) atoms. The van der Waals surface area contributed by atoms with E-state index in [2.05, 4.69) is 15.9 Å². The number of hydrogen-bond donors (Lipinski definition) is 0. The number of carbonyl (C=O) groups excluding carboxylic acids is 2. The first-order valence-electron chi connectivity index (χ1n) is 6.31. The van der Waals surface area contributed by atoms with Crippen LogP contribution in [0, 0.1) is 0 Å². The highest BCUT2D eigenvalue weighted by Crippen LogP contribution is 2.27. The van der Waals surface area contributed by atoms with Crippen LogP contribution in [0.25, 0.3) is 0 Å². The standard InChI is InChI=1S/C14H18BrClN2O2/c1-4-8-18(9-12(19)17(2)3)14(20)10-6-5-7-11(15)13(10)16/h5-7H,4,8-9H2,1-3H3. The van der Waals surface area contributed by atoms with E-state index in [9.17, 15) is 9.59 Å². The zero-order valence-electron chi connectivity index (χ0n) is 11.8. The van der Waals surface area contributed by atoms with Gasteiger partial charge in [0.25, 0.3) is 5.91 Å². The Hall–Kier alpha value is -1.07. The molecular weight excluding hydrogens is 344 g/mol. The minimum Gasteiger partial charge on any atom is -0.347 e. The highest BCUT2D eigenvalue weighted by atomic mass is 79.9. The molecule has 0 saturated carbocycles. The fourth-order valence-electron chi connectivity index (χ4n) is 1.67. The molecule has 0 aromatic heterocycles. The molecule has 110 valence electrons. The lowest BCUT2D eigenvalue weighted by Gasteiger charge is -2.24. The number of hydrogen-bond acceptors (Lipinski definition) is 2. The maximum atomic E-state index is 12.5. The molecule has 0 heterocycles. The summed E-state index contributed by atoms with van der Waals surface area (Å²) in [5, 5.41) is 0.371. The van der Waals surface area contributed by atoms with E-state index in [4.69, 9.17) is 11.6 Å². The lowest BCUT2D eigenvalue weighted by Crippen LogP contribution is -2.40. The molecule has 1 rings (SSSR count). The van der Waals surface area contributed by atoms with Gasteiger partial charge < -0.3 is 9.80 Å². The summed E-state index contributed by atoms with van der Waals surface area (Å²) in [6.07, 6.45) is 0.776. The number of benzene rings is 1. The van der Waals surface area contributed by atoms with Gasteiger partial charge in [0.05, 0.1) is 10.6 Å². The SMILES string of the molecule is CCCN(CC(=O)N(C)C)C(=O)c1cccc(Br)c1Cl. The minimum absolute atomic E-state index is 0.0581. The molecule has 1 aromatic carbocycles. The summed E-state index contributed by atoms with van der Waals surface area (Å²) < 4.78 is 0.667. The van der Waals surface area contributed by atoms with E-state index in [-0.39, 0.29) is 18.4 Å². The van der Waals surface area contributed by atoms with E-state index >= 15 is 0 Å². The topological polar surface area (TPSA) is 40.6 Å². The van der Waals surface area contributed by atoms with Gasteiger partial charge in [-0.25, -0.2) is 0 Å². The van der Waals surface area contributed by atoms with Crippen molar-refractivity contribution in [2.45, 2.75) is 13.3 Å². The van der Waals surface area contributed by atoms with E-state index in [1.807, 2.05) is 6.92 Å². The van der Waals surface area contributed by atoms with Crippen LogP contribution in [0.2, 0.25) is 5.02 Å². The number of rotatable bonds is 5. The van der Waals surface area contributed by atoms with Gasteiger partial charge in [-0.15, -0.1) is 0 Å². The van der Waals surface area contributed by atoms with Gasteiger partial charge in [0.1, 0.15) is 6.54 Å². The quantitative estimate of drug-likeness (QED) is 0.809. The van der Waals surface area contributed by atoms with Crippen LogP contribution in [-0.4, -0.2) is 48.8 Å². The first kappa shape index (κ1) is 17.0. The molecule has 0 aliphatic carbocycles. The van der Waals surface area contributed by atoms with Crippen molar-refractivity contribution in [1.29, 1.82) is 0 Å². The number of carbonyl (C=O) groups is 2. The van der Waals surface area contributed by atoms with E-state index in [0.29, 0.717) is 21.6 Å². The van der Waals surface area contributed by atoms with Gasteiger partial charge in [0.15, 0.2) is 0 Å². The van der Waals surface area contributed by atoms with Crippen LogP contribution in [0.1, 0.15) is 23.7 Å². The van der Waals surface area contributed by atoms with Crippen molar-refractivity contribution in [2.24, 2.45) is 0 Å². The van der Waals surface area contributed by atoms with Crippen LogP contribution in [0.15, 0.2) is 22.7 Å². The second kappa shape index (κ2) is 7.64. The molecular formula is C14H18BrClN2O2.